The van der Waals surface area contributed by atoms with Crippen molar-refractivity contribution < 1.29 is 24.2 Å². The zero-order chi connectivity index (χ0) is 14.3. The zero-order valence-electron chi connectivity index (χ0n) is 11.3. The van der Waals surface area contributed by atoms with E-state index in [1.165, 1.54) is 0 Å². The first-order valence-corrected chi connectivity index (χ1v) is 7.06. The maximum absolute atomic E-state index is 12.4. The third-order valence-electron chi connectivity index (χ3n) is 4.38. The highest BCUT2D eigenvalue weighted by atomic mass is 16.5. The molecule has 6 nitrogen and oxygen atoms in total. The molecular weight excluding hydrogens is 262 g/mol. The molecule has 1 amide bonds. The van der Waals surface area contributed by atoms with Crippen LogP contribution in [0.2, 0.25) is 0 Å². The molecule has 2 bridgehead atoms. The Kier molecular flexibility index (Phi) is 3.52. The van der Waals surface area contributed by atoms with Crippen LogP contribution in [0.3, 0.4) is 0 Å². The number of hydrogen-bond donors (Lipinski definition) is 2. The molecule has 0 radical (unpaired) electrons. The fourth-order valence-corrected chi connectivity index (χ4v) is 3.33. The van der Waals surface area contributed by atoms with E-state index in [9.17, 15) is 14.7 Å². The summed E-state index contributed by atoms with van der Waals surface area (Å²) in [6, 6.07) is -0.109. The number of rotatable bonds is 4. The second kappa shape index (κ2) is 5.18. The predicted molar refractivity (Wildman–Crippen MR) is 69.0 cm³/mol. The van der Waals surface area contributed by atoms with E-state index in [-0.39, 0.29) is 18.1 Å². The van der Waals surface area contributed by atoms with Crippen molar-refractivity contribution in [3.8, 4) is 0 Å². The number of fused-ring (bicyclic) bond motifs is 2. The molecule has 3 aliphatic rings. The lowest BCUT2D eigenvalue weighted by Gasteiger charge is -2.25. The van der Waals surface area contributed by atoms with Gasteiger partial charge >= 0.3 is 5.97 Å². The Balaban J connectivity index is 1.67. The van der Waals surface area contributed by atoms with Gasteiger partial charge in [0.15, 0.2) is 0 Å². The SMILES string of the molecule is C[C@@H](NC(=O)[C@@H]1[C@@H](C(=O)O)[C@H]2C=C[C@@H]1O2)[C@@H]1CCCO1. The van der Waals surface area contributed by atoms with Crippen LogP contribution in [0.1, 0.15) is 19.8 Å². The van der Waals surface area contributed by atoms with Gasteiger partial charge in [-0.15, -0.1) is 0 Å². The Bertz CT molecular complexity index is 443. The topological polar surface area (TPSA) is 84.9 Å². The molecule has 0 aromatic carbocycles. The molecule has 2 fully saturated rings. The van der Waals surface area contributed by atoms with Gasteiger partial charge in [0.1, 0.15) is 5.92 Å². The summed E-state index contributed by atoms with van der Waals surface area (Å²) in [5.41, 5.74) is 0. The molecule has 6 heteroatoms. The fourth-order valence-electron chi connectivity index (χ4n) is 3.33. The largest absolute Gasteiger partial charge is 0.481 e. The summed E-state index contributed by atoms with van der Waals surface area (Å²) >= 11 is 0. The molecule has 2 N–H and O–H groups in total. The summed E-state index contributed by atoms with van der Waals surface area (Å²) in [5, 5.41) is 12.2. The third-order valence-corrected chi connectivity index (χ3v) is 4.38. The minimum atomic E-state index is -0.980. The van der Waals surface area contributed by atoms with Crippen LogP contribution < -0.4 is 5.32 Å². The van der Waals surface area contributed by atoms with Gasteiger partial charge in [0.2, 0.25) is 5.91 Å². The summed E-state index contributed by atoms with van der Waals surface area (Å²) in [6.45, 7) is 2.62. The van der Waals surface area contributed by atoms with E-state index in [0.29, 0.717) is 0 Å². The zero-order valence-corrected chi connectivity index (χ0v) is 11.3. The van der Waals surface area contributed by atoms with E-state index >= 15 is 0 Å². The molecule has 3 rings (SSSR count). The van der Waals surface area contributed by atoms with Crippen LogP contribution in [-0.4, -0.2) is 47.9 Å². The molecule has 0 aromatic heterocycles. The molecule has 2 saturated heterocycles. The van der Waals surface area contributed by atoms with Gasteiger partial charge in [0.05, 0.1) is 30.3 Å². The van der Waals surface area contributed by atoms with E-state index in [4.69, 9.17) is 9.47 Å². The molecule has 0 saturated carbocycles. The van der Waals surface area contributed by atoms with E-state index in [2.05, 4.69) is 5.32 Å². The molecule has 3 aliphatic heterocycles. The number of carbonyl (C=O) groups excluding carboxylic acids is 1. The summed E-state index contributed by atoms with van der Waals surface area (Å²) in [7, 11) is 0. The van der Waals surface area contributed by atoms with E-state index in [0.717, 1.165) is 19.4 Å². The van der Waals surface area contributed by atoms with Crippen molar-refractivity contribution in [3.63, 3.8) is 0 Å². The molecule has 0 aliphatic carbocycles. The number of nitrogens with one attached hydrogen (secondary N) is 1. The minimum absolute atomic E-state index is 0.0253. The highest BCUT2D eigenvalue weighted by Crippen LogP contribution is 2.39. The van der Waals surface area contributed by atoms with E-state index in [1.807, 2.05) is 6.92 Å². The summed E-state index contributed by atoms with van der Waals surface area (Å²) in [6.07, 6.45) is 4.57. The van der Waals surface area contributed by atoms with Crippen LogP contribution in [0.15, 0.2) is 12.2 Å². The Morgan fingerprint density at radius 1 is 1.30 bits per heavy atom. The summed E-state index contributed by atoms with van der Waals surface area (Å²) in [5.74, 6) is -2.67. The predicted octanol–water partition coefficient (Wildman–Crippen LogP) is 0.324. The highest BCUT2D eigenvalue weighted by molar-refractivity contribution is 5.87. The Morgan fingerprint density at radius 2 is 2.00 bits per heavy atom. The van der Waals surface area contributed by atoms with Crippen LogP contribution >= 0.6 is 0 Å². The normalized spacial score (nSPS) is 40.0. The number of ether oxygens (including phenoxy) is 2. The Hall–Kier alpha value is -1.40. The van der Waals surface area contributed by atoms with Gasteiger partial charge in [-0.1, -0.05) is 12.2 Å². The smallest absolute Gasteiger partial charge is 0.310 e. The van der Waals surface area contributed by atoms with Crippen molar-refractivity contribution in [1.29, 1.82) is 0 Å². The first kappa shape index (κ1) is 13.6. The van der Waals surface area contributed by atoms with Gasteiger partial charge in [-0.2, -0.15) is 0 Å². The molecule has 110 valence electrons. The number of carboxylic acids is 1. The van der Waals surface area contributed by atoms with Crippen LogP contribution in [0.25, 0.3) is 0 Å². The van der Waals surface area contributed by atoms with Crippen molar-refractivity contribution >= 4 is 11.9 Å². The molecule has 6 atom stereocenters. The number of carboxylic acid groups (broad SMARTS) is 1. The average Bonchev–Trinajstić information content (AvgIpc) is 3.13. The van der Waals surface area contributed by atoms with Crippen molar-refractivity contribution in [2.75, 3.05) is 6.61 Å². The monoisotopic (exact) mass is 281 g/mol. The molecule has 0 spiro atoms. The van der Waals surface area contributed by atoms with Gasteiger partial charge in [-0.25, -0.2) is 0 Å². The second-order valence-electron chi connectivity index (χ2n) is 5.69. The maximum Gasteiger partial charge on any atom is 0.310 e. The highest BCUT2D eigenvalue weighted by Gasteiger charge is 2.53. The van der Waals surface area contributed by atoms with Gasteiger partial charge < -0.3 is 19.9 Å². The van der Waals surface area contributed by atoms with Gasteiger partial charge in [0.25, 0.3) is 0 Å². The summed E-state index contributed by atoms with van der Waals surface area (Å²) < 4.78 is 11.0. The third kappa shape index (κ3) is 2.23. The van der Waals surface area contributed by atoms with E-state index in [1.54, 1.807) is 12.2 Å². The van der Waals surface area contributed by atoms with Crippen LogP contribution in [0.5, 0.6) is 0 Å². The molecule has 0 aromatic rings. The lowest BCUT2D eigenvalue weighted by molar-refractivity contribution is -0.147. The van der Waals surface area contributed by atoms with Gasteiger partial charge in [-0.3, -0.25) is 9.59 Å². The lowest BCUT2D eigenvalue weighted by Crippen LogP contribution is -2.48. The van der Waals surface area contributed by atoms with Gasteiger partial charge in [0, 0.05) is 6.61 Å². The Labute approximate surface area is 117 Å². The number of hydrogen-bond acceptors (Lipinski definition) is 4. The van der Waals surface area contributed by atoms with Crippen LogP contribution in [-0.2, 0) is 19.1 Å². The van der Waals surface area contributed by atoms with Gasteiger partial charge in [-0.05, 0) is 19.8 Å². The van der Waals surface area contributed by atoms with Crippen molar-refractivity contribution in [1.82, 2.24) is 5.32 Å². The molecular formula is C14H19NO5. The van der Waals surface area contributed by atoms with Crippen LogP contribution in [0, 0.1) is 11.8 Å². The van der Waals surface area contributed by atoms with Crippen molar-refractivity contribution in [2.24, 2.45) is 11.8 Å². The molecule has 20 heavy (non-hydrogen) atoms. The number of amides is 1. The standard InChI is InChI=1S/C14H19NO5/c1-7(8-3-2-6-19-8)15-13(16)11-9-4-5-10(20-9)12(11)14(17)18/h4-5,7-12H,2-3,6H2,1H3,(H,15,16)(H,17,18)/t7-,8+,9+,10-,11+,12+/m1/s1. The first-order chi connectivity index (χ1) is 9.58. The van der Waals surface area contributed by atoms with Crippen molar-refractivity contribution in [3.05, 3.63) is 12.2 Å². The number of aliphatic carboxylic acids is 1. The maximum atomic E-state index is 12.4. The van der Waals surface area contributed by atoms with Crippen LogP contribution in [0.4, 0.5) is 0 Å². The molecule has 3 heterocycles. The number of carbonyl (C=O) groups is 2. The van der Waals surface area contributed by atoms with Crippen molar-refractivity contribution in [2.45, 2.75) is 44.1 Å². The average molecular weight is 281 g/mol. The van der Waals surface area contributed by atoms with E-state index < -0.39 is 30.0 Å². The minimum Gasteiger partial charge on any atom is -0.481 e. The summed E-state index contributed by atoms with van der Waals surface area (Å²) in [4.78, 5) is 23.7. The molecule has 0 unspecified atom stereocenters. The second-order valence-corrected chi connectivity index (χ2v) is 5.69. The quantitative estimate of drug-likeness (QED) is 0.725. The Morgan fingerprint density at radius 3 is 2.60 bits per heavy atom. The first-order valence-electron chi connectivity index (χ1n) is 7.06. The fraction of sp³-hybridized carbons (Fsp3) is 0.714. The lowest BCUT2D eigenvalue weighted by atomic mass is 9.82.